The lowest BCUT2D eigenvalue weighted by Crippen LogP contribution is -2.18. The van der Waals surface area contributed by atoms with Crippen molar-refractivity contribution in [3.05, 3.63) is 64.7 Å². The first-order valence-electron chi connectivity index (χ1n) is 7.63. The Bertz CT molecular complexity index is 592. The highest BCUT2D eigenvalue weighted by Crippen LogP contribution is 2.26. The van der Waals surface area contributed by atoms with Crippen molar-refractivity contribution in [1.29, 1.82) is 0 Å². The predicted molar refractivity (Wildman–Crippen MR) is 89.0 cm³/mol. The summed E-state index contributed by atoms with van der Waals surface area (Å²) in [6, 6.07) is 15.2. The van der Waals surface area contributed by atoms with Crippen molar-refractivity contribution >= 4 is 0 Å². The first-order valence-corrected chi connectivity index (χ1v) is 7.63. The molecule has 2 aromatic carbocycles. The Balaban J connectivity index is 2.30. The van der Waals surface area contributed by atoms with Gasteiger partial charge in [0.25, 0.3) is 0 Å². The zero-order valence-corrected chi connectivity index (χ0v) is 13.4. The van der Waals surface area contributed by atoms with Gasteiger partial charge in [-0.05, 0) is 61.7 Å². The molecule has 0 bridgehead atoms. The van der Waals surface area contributed by atoms with Gasteiger partial charge in [0.05, 0.1) is 12.6 Å². The molecule has 0 aliphatic rings. The number of rotatable bonds is 6. The third-order valence-corrected chi connectivity index (χ3v) is 3.82. The van der Waals surface area contributed by atoms with Crippen LogP contribution in [0.3, 0.4) is 0 Å². The van der Waals surface area contributed by atoms with E-state index in [4.69, 9.17) is 4.74 Å². The van der Waals surface area contributed by atoms with E-state index in [2.05, 4.69) is 62.5 Å². The van der Waals surface area contributed by atoms with E-state index in [1.54, 1.807) is 0 Å². The molecule has 0 saturated carbocycles. The van der Waals surface area contributed by atoms with E-state index >= 15 is 0 Å². The second-order valence-corrected chi connectivity index (χ2v) is 5.49. The van der Waals surface area contributed by atoms with Crippen LogP contribution in [0.4, 0.5) is 0 Å². The van der Waals surface area contributed by atoms with Gasteiger partial charge in [-0.25, -0.2) is 0 Å². The van der Waals surface area contributed by atoms with E-state index in [1.807, 2.05) is 13.1 Å². The van der Waals surface area contributed by atoms with Crippen molar-refractivity contribution in [2.24, 2.45) is 0 Å². The van der Waals surface area contributed by atoms with Crippen molar-refractivity contribution in [2.45, 2.75) is 33.2 Å². The quantitative estimate of drug-likeness (QED) is 0.848. The molecule has 21 heavy (non-hydrogen) atoms. The third-order valence-electron chi connectivity index (χ3n) is 3.82. The Hall–Kier alpha value is -1.80. The summed E-state index contributed by atoms with van der Waals surface area (Å²) in [5, 5.41) is 3.41. The van der Waals surface area contributed by atoms with Gasteiger partial charge in [-0.1, -0.05) is 37.3 Å². The predicted octanol–water partition coefficient (Wildman–Crippen LogP) is 4.40. The van der Waals surface area contributed by atoms with Gasteiger partial charge in [0.15, 0.2) is 0 Å². The molecule has 0 radical (unpaired) electrons. The van der Waals surface area contributed by atoms with Crippen molar-refractivity contribution in [3.8, 4) is 5.75 Å². The minimum Gasteiger partial charge on any atom is -0.494 e. The van der Waals surface area contributed by atoms with Crippen molar-refractivity contribution < 1.29 is 4.74 Å². The van der Waals surface area contributed by atoms with E-state index in [0.29, 0.717) is 0 Å². The second-order valence-electron chi connectivity index (χ2n) is 5.49. The normalized spacial score (nSPS) is 12.2. The van der Waals surface area contributed by atoms with E-state index < -0.39 is 0 Å². The first-order chi connectivity index (χ1) is 10.2. The van der Waals surface area contributed by atoms with Crippen molar-refractivity contribution in [3.63, 3.8) is 0 Å². The van der Waals surface area contributed by atoms with E-state index in [9.17, 15) is 0 Å². The SMILES string of the molecule is CCCOc1cccc(C(NC)c2ccc(C)c(C)c2)c1. The molecule has 0 fully saturated rings. The van der Waals surface area contributed by atoms with Gasteiger partial charge in [-0.15, -0.1) is 0 Å². The first kappa shape index (κ1) is 15.6. The molecule has 0 spiro atoms. The van der Waals surface area contributed by atoms with Crippen LogP contribution in [-0.4, -0.2) is 13.7 Å². The Labute approximate surface area is 128 Å². The Morgan fingerprint density at radius 2 is 1.76 bits per heavy atom. The molecule has 0 aliphatic carbocycles. The van der Waals surface area contributed by atoms with Gasteiger partial charge in [-0.2, -0.15) is 0 Å². The maximum atomic E-state index is 5.74. The minimum atomic E-state index is 0.189. The average Bonchev–Trinajstić information content (AvgIpc) is 2.50. The van der Waals surface area contributed by atoms with Crippen LogP contribution in [0.2, 0.25) is 0 Å². The molecule has 2 aromatic rings. The molecule has 0 saturated heterocycles. The lowest BCUT2D eigenvalue weighted by molar-refractivity contribution is 0.317. The van der Waals surface area contributed by atoms with Crippen LogP contribution in [0.15, 0.2) is 42.5 Å². The summed E-state index contributed by atoms with van der Waals surface area (Å²) in [4.78, 5) is 0. The molecule has 0 aliphatic heterocycles. The molecule has 2 rings (SSSR count). The smallest absolute Gasteiger partial charge is 0.119 e. The fraction of sp³-hybridized carbons (Fsp3) is 0.368. The Morgan fingerprint density at radius 3 is 2.43 bits per heavy atom. The van der Waals surface area contributed by atoms with Gasteiger partial charge < -0.3 is 10.1 Å². The number of ether oxygens (including phenoxy) is 1. The highest BCUT2D eigenvalue weighted by Gasteiger charge is 2.13. The molecule has 2 nitrogen and oxygen atoms in total. The molecule has 0 aromatic heterocycles. The average molecular weight is 283 g/mol. The molecular weight excluding hydrogens is 258 g/mol. The van der Waals surface area contributed by atoms with Crippen LogP contribution in [0.25, 0.3) is 0 Å². The number of hydrogen-bond acceptors (Lipinski definition) is 2. The number of hydrogen-bond donors (Lipinski definition) is 1. The van der Waals surface area contributed by atoms with Gasteiger partial charge >= 0.3 is 0 Å². The zero-order chi connectivity index (χ0) is 15.2. The summed E-state index contributed by atoms with van der Waals surface area (Å²) >= 11 is 0. The maximum Gasteiger partial charge on any atom is 0.119 e. The van der Waals surface area contributed by atoms with Gasteiger partial charge in [0, 0.05) is 0 Å². The van der Waals surface area contributed by atoms with Gasteiger partial charge in [0.1, 0.15) is 5.75 Å². The van der Waals surface area contributed by atoms with Crippen LogP contribution in [-0.2, 0) is 0 Å². The minimum absolute atomic E-state index is 0.189. The highest BCUT2D eigenvalue weighted by molar-refractivity contribution is 5.39. The molecule has 2 heteroatoms. The number of benzene rings is 2. The monoisotopic (exact) mass is 283 g/mol. The van der Waals surface area contributed by atoms with E-state index in [-0.39, 0.29) is 6.04 Å². The molecule has 0 heterocycles. The Morgan fingerprint density at radius 1 is 1.00 bits per heavy atom. The summed E-state index contributed by atoms with van der Waals surface area (Å²) < 4.78 is 5.74. The van der Waals surface area contributed by atoms with Gasteiger partial charge in [-0.3, -0.25) is 0 Å². The van der Waals surface area contributed by atoms with Crippen LogP contribution < -0.4 is 10.1 Å². The summed E-state index contributed by atoms with van der Waals surface area (Å²) in [5.74, 6) is 0.943. The number of nitrogens with one attached hydrogen (secondary N) is 1. The summed E-state index contributed by atoms with van der Waals surface area (Å²) in [6.45, 7) is 7.19. The molecule has 0 amide bonds. The van der Waals surface area contributed by atoms with Crippen LogP contribution in [0.5, 0.6) is 5.75 Å². The summed E-state index contributed by atoms with van der Waals surface area (Å²) in [7, 11) is 2.00. The highest BCUT2D eigenvalue weighted by atomic mass is 16.5. The summed E-state index contributed by atoms with van der Waals surface area (Å²) in [5.41, 5.74) is 5.17. The van der Waals surface area contributed by atoms with Crippen LogP contribution >= 0.6 is 0 Å². The van der Waals surface area contributed by atoms with E-state index in [0.717, 1.165) is 18.8 Å². The molecule has 1 atom stereocenters. The maximum absolute atomic E-state index is 5.74. The summed E-state index contributed by atoms with van der Waals surface area (Å²) in [6.07, 6.45) is 1.02. The van der Waals surface area contributed by atoms with Crippen molar-refractivity contribution in [2.75, 3.05) is 13.7 Å². The Kier molecular flexibility index (Phi) is 5.40. The second kappa shape index (κ2) is 7.28. The third kappa shape index (κ3) is 3.85. The molecular formula is C19H25NO. The fourth-order valence-corrected chi connectivity index (χ4v) is 2.47. The largest absolute Gasteiger partial charge is 0.494 e. The standard InChI is InChI=1S/C19H25NO/c1-5-11-21-18-8-6-7-16(13-18)19(20-4)17-10-9-14(2)15(3)12-17/h6-10,12-13,19-20H,5,11H2,1-4H3. The lowest BCUT2D eigenvalue weighted by Gasteiger charge is -2.19. The lowest BCUT2D eigenvalue weighted by atomic mass is 9.95. The van der Waals surface area contributed by atoms with Crippen LogP contribution in [0.1, 0.15) is 41.6 Å². The molecule has 1 N–H and O–H groups in total. The topological polar surface area (TPSA) is 21.3 Å². The van der Waals surface area contributed by atoms with Gasteiger partial charge in [0.2, 0.25) is 0 Å². The molecule has 1 unspecified atom stereocenters. The fourth-order valence-electron chi connectivity index (χ4n) is 2.47. The van der Waals surface area contributed by atoms with Crippen molar-refractivity contribution in [1.82, 2.24) is 5.32 Å². The number of aryl methyl sites for hydroxylation is 2. The zero-order valence-electron chi connectivity index (χ0n) is 13.4. The van der Waals surface area contributed by atoms with Crippen LogP contribution in [0, 0.1) is 13.8 Å². The van der Waals surface area contributed by atoms with E-state index in [1.165, 1.54) is 22.3 Å². The molecule has 112 valence electrons.